The van der Waals surface area contributed by atoms with Gasteiger partial charge in [0.2, 0.25) is 5.76 Å². The second kappa shape index (κ2) is 9.06. The minimum Gasteiger partial charge on any atom is -0.492 e. The minimum atomic E-state index is -0.764. The molecule has 3 saturated heterocycles. The van der Waals surface area contributed by atoms with Gasteiger partial charge in [-0.05, 0) is 69.3 Å². The van der Waals surface area contributed by atoms with Crippen LogP contribution in [0.1, 0.15) is 58.3 Å². The highest BCUT2D eigenvalue weighted by molar-refractivity contribution is 5.94. The van der Waals surface area contributed by atoms with Crippen molar-refractivity contribution in [3.05, 3.63) is 58.5 Å². The molecule has 6 heterocycles. The van der Waals surface area contributed by atoms with E-state index in [1.165, 1.54) is 12.7 Å². The van der Waals surface area contributed by atoms with Crippen LogP contribution < -0.4 is 0 Å². The van der Waals surface area contributed by atoms with Crippen LogP contribution >= 0.6 is 0 Å². The first-order valence-electron chi connectivity index (χ1n) is 15.6. The lowest BCUT2D eigenvalue weighted by Crippen LogP contribution is -2.77. The smallest absolute Gasteiger partial charge is 0.345 e. The maximum atomic E-state index is 13.0. The van der Waals surface area contributed by atoms with Crippen molar-refractivity contribution in [2.24, 2.45) is 35.5 Å². The Morgan fingerprint density at radius 3 is 2.83 bits per heavy atom. The number of piperidine rings is 2. The first-order chi connectivity index (χ1) is 19.8. The lowest BCUT2D eigenvalue weighted by atomic mass is 9.52. The molecule has 10 atom stereocenters. The summed E-state index contributed by atoms with van der Waals surface area (Å²) < 4.78 is 17.7. The van der Waals surface area contributed by atoms with E-state index in [4.69, 9.17) is 14.2 Å². The monoisotopic (exact) mass is 563 g/mol. The van der Waals surface area contributed by atoms with Crippen molar-refractivity contribution in [1.82, 2.24) is 4.90 Å². The normalized spacial score (nSPS) is 47.9. The molecule has 8 heteroatoms. The molecule has 1 spiro atoms. The Hall–Kier alpha value is -2.39. The van der Waals surface area contributed by atoms with E-state index < -0.39 is 29.6 Å². The molecule has 2 bridgehead atoms. The molecule has 6 aliphatic heterocycles. The van der Waals surface area contributed by atoms with Crippen LogP contribution in [0.4, 0.5) is 0 Å². The number of nitrogens with zero attached hydrogens (tertiary/aromatic N) is 1. The highest BCUT2D eigenvalue weighted by Gasteiger charge is 2.69. The molecule has 4 fully saturated rings. The predicted molar refractivity (Wildman–Crippen MR) is 148 cm³/mol. The number of fused-ring (bicyclic) bond motifs is 4. The molecule has 3 aliphatic carbocycles. The van der Waals surface area contributed by atoms with Crippen molar-refractivity contribution in [3.8, 4) is 0 Å². The SMILES string of the molecule is COC1=C(CO)C(=O)OC1=C1OC2=CC3C=CC4(CCCC5N4C3CC3CCC4=CCC(C)CC4C35O)C2C1CO. The van der Waals surface area contributed by atoms with E-state index >= 15 is 0 Å². The van der Waals surface area contributed by atoms with Gasteiger partial charge in [0.25, 0.3) is 0 Å². The van der Waals surface area contributed by atoms with E-state index in [1.807, 2.05) is 0 Å². The molecule has 9 aliphatic rings. The molecule has 3 N–H and O–H groups in total. The fraction of sp³-hybridized carbons (Fsp3) is 0.667. The molecular weight excluding hydrogens is 522 g/mol. The number of esters is 1. The number of hydrogen-bond acceptors (Lipinski definition) is 8. The summed E-state index contributed by atoms with van der Waals surface area (Å²) in [5.41, 5.74) is 0.338. The van der Waals surface area contributed by atoms with Gasteiger partial charge in [-0.3, -0.25) is 4.90 Å². The maximum Gasteiger partial charge on any atom is 0.345 e. The van der Waals surface area contributed by atoms with Crippen LogP contribution in [0.5, 0.6) is 0 Å². The molecule has 0 aromatic carbocycles. The number of aliphatic hydroxyl groups is 3. The number of carbonyl (C=O) groups excluding carboxylic acids is 1. The largest absolute Gasteiger partial charge is 0.492 e. The summed E-state index contributed by atoms with van der Waals surface area (Å²) in [7, 11) is 1.44. The quantitative estimate of drug-likeness (QED) is 0.354. The number of methoxy groups -OCH3 is 1. The minimum absolute atomic E-state index is 0.0370. The summed E-state index contributed by atoms with van der Waals surface area (Å²) in [5.74, 6) is 1.42. The molecule has 8 nitrogen and oxygen atoms in total. The number of allylic oxidation sites excluding steroid dienone is 1. The van der Waals surface area contributed by atoms with Gasteiger partial charge in [0.05, 0.1) is 43.3 Å². The summed E-state index contributed by atoms with van der Waals surface area (Å²) in [6.07, 6.45) is 17.5. The Morgan fingerprint density at radius 1 is 1.20 bits per heavy atom. The van der Waals surface area contributed by atoms with Crippen molar-refractivity contribution in [1.29, 1.82) is 0 Å². The Morgan fingerprint density at radius 2 is 2.05 bits per heavy atom. The first kappa shape index (κ1) is 26.3. The topological polar surface area (TPSA) is 109 Å². The number of ether oxygens (including phenoxy) is 3. The number of rotatable bonds is 3. The Bertz CT molecular complexity index is 1340. The van der Waals surface area contributed by atoms with Gasteiger partial charge in [0, 0.05) is 23.9 Å². The number of aliphatic hydroxyl groups excluding tert-OH is 2. The number of cyclic esters (lactones) is 1. The van der Waals surface area contributed by atoms with Crippen molar-refractivity contribution >= 4 is 5.97 Å². The standard InChI is InChI=1S/C33H41NO7/c1-17-5-6-18-7-8-20-14-24-19-9-11-32(10-3-4-26(34(24)32)33(20,38)23(18)12-17)27-21(15-35)29(40-25(27)13-19)30-28(39-2)22(16-36)31(37)41-30/h6,9,11,13,17,19-21,23-24,26-27,35-36,38H,3-5,7-8,10,12,14-16H2,1-2H3. The zero-order valence-electron chi connectivity index (χ0n) is 23.9. The molecule has 41 heavy (non-hydrogen) atoms. The van der Waals surface area contributed by atoms with Crippen molar-refractivity contribution in [3.63, 3.8) is 0 Å². The van der Waals surface area contributed by atoms with Crippen LogP contribution in [0.2, 0.25) is 0 Å². The van der Waals surface area contributed by atoms with Gasteiger partial charge >= 0.3 is 5.97 Å². The summed E-state index contributed by atoms with van der Waals surface area (Å²) in [5, 5.41) is 33.7. The van der Waals surface area contributed by atoms with Gasteiger partial charge in [-0.15, -0.1) is 0 Å². The van der Waals surface area contributed by atoms with Crippen LogP contribution in [0.3, 0.4) is 0 Å². The molecule has 9 rings (SSSR count). The fourth-order valence-corrected chi connectivity index (χ4v) is 10.5. The van der Waals surface area contributed by atoms with Crippen LogP contribution in [0.25, 0.3) is 0 Å². The van der Waals surface area contributed by atoms with Crippen LogP contribution in [0, 0.1) is 35.5 Å². The van der Waals surface area contributed by atoms with Crippen molar-refractivity contribution in [2.45, 2.75) is 81.5 Å². The van der Waals surface area contributed by atoms with Gasteiger partial charge in [0.15, 0.2) is 11.5 Å². The van der Waals surface area contributed by atoms with Gasteiger partial charge in [-0.25, -0.2) is 4.79 Å². The lowest BCUT2D eigenvalue weighted by Gasteiger charge is -2.68. The first-order valence-corrected chi connectivity index (χ1v) is 15.6. The third-order valence-electron chi connectivity index (χ3n) is 12.1. The molecule has 0 amide bonds. The molecule has 0 aromatic rings. The van der Waals surface area contributed by atoms with Crippen LogP contribution in [0.15, 0.2) is 58.5 Å². The maximum absolute atomic E-state index is 13.0. The third-order valence-corrected chi connectivity index (χ3v) is 12.1. The molecule has 0 radical (unpaired) electrons. The Labute approximate surface area is 241 Å². The Kier molecular flexibility index (Phi) is 5.80. The van der Waals surface area contributed by atoms with Crippen LogP contribution in [-0.2, 0) is 19.0 Å². The van der Waals surface area contributed by atoms with Gasteiger partial charge < -0.3 is 29.5 Å². The summed E-state index contributed by atoms with van der Waals surface area (Å²) in [6, 6.07) is 0.314. The van der Waals surface area contributed by atoms with E-state index in [0.29, 0.717) is 11.7 Å². The molecular formula is C33H41NO7. The van der Waals surface area contributed by atoms with Gasteiger partial charge in [0.1, 0.15) is 11.3 Å². The zero-order chi connectivity index (χ0) is 28.3. The zero-order valence-corrected chi connectivity index (χ0v) is 23.9. The second-order valence-corrected chi connectivity index (χ2v) is 13.8. The molecule has 220 valence electrons. The molecule has 10 unspecified atom stereocenters. The number of hydrogen-bond donors (Lipinski definition) is 3. The van der Waals surface area contributed by atoms with E-state index in [1.54, 1.807) is 0 Å². The highest BCUT2D eigenvalue weighted by Crippen LogP contribution is 2.64. The number of carbonyl (C=O) groups is 1. The lowest BCUT2D eigenvalue weighted by molar-refractivity contribution is -0.222. The summed E-state index contributed by atoms with van der Waals surface area (Å²) in [6.45, 7) is 1.63. The molecule has 1 saturated carbocycles. The summed E-state index contributed by atoms with van der Waals surface area (Å²) in [4.78, 5) is 15.2. The average molecular weight is 564 g/mol. The fourth-order valence-electron chi connectivity index (χ4n) is 10.5. The Balaban J connectivity index is 1.26. The van der Waals surface area contributed by atoms with E-state index in [2.05, 4.69) is 36.1 Å². The van der Waals surface area contributed by atoms with Crippen molar-refractivity contribution in [2.75, 3.05) is 20.3 Å². The van der Waals surface area contributed by atoms with Gasteiger partial charge in [-0.2, -0.15) is 0 Å². The molecule has 0 aromatic heterocycles. The van der Waals surface area contributed by atoms with E-state index in [0.717, 1.165) is 57.1 Å². The second-order valence-electron chi connectivity index (χ2n) is 13.8. The van der Waals surface area contributed by atoms with E-state index in [-0.39, 0.29) is 59.5 Å². The van der Waals surface area contributed by atoms with Crippen LogP contribution in [-0.4, -0.2) is 69.7 Å². The van der Waals surface area contributed by atoms with Crippen molar-refractivity contribution < 1.29 is 34.3 Å². The third kappa shape index (κ3) is 3.28. The average Bonchev–Trinajstić information content (AvgIpc) is 3.43. The highest BCUT2D eigenvalue weighted by atomic mass is 16.6. The predicted octanol–water partition coefficient (Wildman–Crippen LogP) is 3.47. The summed E-state index contributed by atoms with van der Waals surface area (Å²) >= 11 is 0. The van der Waals surface area contributed by atoms with Gasteiger partial charge in [-0.1, -0.05) is 30.7 Å². The van der Waals surface area contributed by atoms with E-state index in [9.17, 15) is 20.1 Å².